The molecule has 0 aliphatic heterocycles. The van der Waals surface area contributed by atoms with E-state index in [1.807, 2.05) is 12.3 Å². The second-order valence-corrected chi connectivity index (χ2v) is 8.93. The zero-order chi connectivity index (χ0) is 26.4. The van der Waals surface area contributed by atoms with Crippen LogP contribution in [-0.4, -0.2) is 51.7 Å². The van der Waals surface area contributed by atoms with Crippen LogP contribution in [0.4, 0.5) is 0 Å². The molecule has 1 amide bonds. The monoisotopic (exact) mass is 510 g/mol. The molecule has 0 radical (unpaired) electrons. The van der Waals surface area contributed by atoms with Gasteiger partial charge < -0.3 is 0 Å². The van der Waals surface area contributed by atoms with Crippen LogP contribution in [0.3, 0.4) is 0 Å². The van der Waals surface area contributed by atoms with Gasteiger partial charge in [0.2, 0.25) is 5.91 Å². The van der Waals surface area contributed by atoms with E-state index in [-0.39, 0.29) is 22.8 Å². The zero-order valence-electron chi connectivity index (χ0n) is 20.7. The molecule has 0 heterocycles. The third-order valence-electron chi connectivity index (χ3n) is 5.80. The van der Waals surface area contributed by atoms with E-state index in [1.165, 1.54) is 39.8 Å². The van der Waals surface area contributed by atoms with Crippen molar-refractivity contribution in [1.29, 1.82) is 0 Å². The Bertz CT molecular complexity index is 1280. The Kier molecular flexibility index (Phi) is 9.03. The Morgan fingerprint density at radius 3 is 2.56 bits per heavy atom. The number of hydrogen-bond donors (Lipinski definition) is 1. The molecule has 0 saturated heterocycles. The minimum absolute atomic E-state index is 0.139. The average molecular weight is 510 g/mol. The van der Waals surface area contributed by atoms with E-state index in [1.54, 1.807) is 18.2 Å². The Hall–Kier alpha value is -3.47. The summed E-state index contributed by atoms with van der Waals surface area (Å²) in [5.41, 5.74) is 2.69. The molecule has 11 heteroatoms. The molecule has 188 valence electrons. The van der Waals surface area contributed by atoms with E-state index < -0.39 is 18.1 Å². The van der Waals surface area contributed by atoms with Gasteiger partial charge >= 0.3 is 163 Å². The van der Waals surface area contributed by atoms with E-state index in [0.717, 1.165) is 11.7 Å². The standard InChI is InChI=1S/C25H27BN2O7S/c1-13(27-12-26-32)25(31)35-20-10-15-6-8-18(28-14(2)29)17-11-19(30)21(36-5)9-7-16(17)22(15)24(34-4)23(20)33-3/h7,9-13,18H,6,8H2,1-5H3,(H,28,29)/b27-12-/t13?,18-/m0/s1. The molecule has 0 bridgehead atoms. The van der Waals surface area contributed by atoms with Crippen LogP contribution in [0.1, 0.15) is 37.4 Å². The molecule has 9 nitrogen and oxygen atoms in total. The quantitative estimate of drug-likeness (QED) is 0.189. The Labute approximate surface area is 213 Å². The third kappa shape index (κ3) is 5.67. The number of amides is 1. The molecule has 36 heavy (non-hydrogen) atoms. The molecule has 0 spiro atoms. The van der Waals surface area contributed by atoms with Crippen molar-refractivity contribution in [2.75, 3.05) is 20.5 Å². The number of benzene rings is 1. The number of rotatable bonds is 8. The van der Waals surface area contributed by atoms with Gasteiger partial charge in [0, 0.05) is 6.92 Å². The van der Waals surface area contributed by atoms with Crippen molar-refractivity contribution in [3.8, 4) is 28.4 Å². The number of carbonyl (C=O) groups excluding carboxylic acids is 2. The fraction of sp³-hybridized carbons (Fsp3) is 0.360. The molecule has 1 aliphatic carbocycles. The van der Waals surface area contributed by atoms with E-state index in [0.29, 0.717) is 47.3 Å². The first-order chi connectivity index (χ1) is 17.2. The van der Waals surface area contributed by atoms with Crippen LogP contribution in [0, 0.1) is 0 Å². The topological polar surface area (TPSA) is 120 Å². The van der Waals surface area contributed by atoms with Crippen molar-refractivity contribution >= 4 is 36.9 Å². The summed E-state index contributed by atoms with van der Waals surface area (Å²) in [6, 6.07) is 5.52. The number of aliphatic imine (C=N–C) groups is 1. The summed E-state index contributed by atoms with van der Waals surface area (Å²) >= 11 is 1.34. The molecule has 2 aromatic carbocycles. The number of aryl methyl sites for hydroxylation is 1. The van der Waals surface area contributed by atoms with Crippen LogP contribution in [0.2, 0.25) is 0 Å². The van der Waals surface area contributed by atoms with Crippen molar-refractivity contribution in [2.45, 2.75) is 43.7 Å². The molecule has 3 rings (SSSR count). The van der Waals surface area contributed by atoms with Crippen molar-refractivity contribution < 1.29 is 28.5 Å². The van der Waals surface area contributed by atoms with Gasteiger partial charge in [-0.2, -0.15) is 0 Å². The van der Waals surface area contributed by atoms with Crippen LogP contribution in [0.25, 0.3) is 11.1 Å². The van der Waals surface area contributed by atoms with E-state index in [2.05, 4.69) is 10.3 Å². The van der Waals surface area contributed by atoms with Crippen LogP contribution >= 0.6 is 11.8 Å². The van der Waals surface area contributed by atoms with Crippen molar-refractivity contribution in [3.63, 3.8) is 0 Å². The maximum atomic E-state index is 12.9. The van der Waals surface area contributed by atoms with Crippen LogP contribution in [-0.2, 0) is 20.7 Å². The number of nitrogens with one attached hydrogen (secondary N) is 1. The molecule has 0 aromatic heterocycles. The first kappa shape index (κ1) is 27.1. The zero-order valence-corrected chi connectivity index (χ0v) is 21.6. The van der Waals surface area contributed by atoms with Gasteiger partial charge in [-0.1, -0.05) is 0 Å². The van der Waals surface area contributed by atoms with Gasteiger partial charge in [0.25, 0.3) is 0 Å². The van der Waals surface area contributed by atoms with Crippen LogP contribution in [0.5, 0.6) is 17.2 Å². The summed E-state index contributed by atoms with van der Waals surface area (Å²) in [5.74, 6) is -0.231. The fourth-order valence-corrected chi connectivity index (χ4v) is 4.67. The Balaban J connectivity index is 2.27. The Morgan fingerprint density at radius 1 is 1.22 bits per heavy atom. The molecule has 2 atom stereocenters. The summed E-state index contributed by atoms with van der Waals surface area (Å²) in [6.45, 7) is 2.94. The van der Waals surface area contributed by atoms with Crippen molar-refractivity contribution in [2.24, 2.45) is 4.99 Å². The number of esters is 1. The summed E-state index contributed by atoms with van der Waals surface area (Å²) < 4.78 is 27.5. The van der Waals surface area contributed by atoms with E-state index >= 15 is 0 Å². The Morgan fingerprint density at radius 2 is 1.94 bits per heavy atom. The molecular weight excluding hydrogens is 483 g/mol. The maximum absolute atomic E-state index is 12.9. The predicted octanol–water partition coefficient (Wildman–Crippen LogP) is 2.95. The van der Waals surface area contributed by atoms with Crippen molar-refractivity contribution in [3.05, 3.63) is 45.6 Å². The molecule has 1 aliphatic rings. The number of nitrogens with zero attached hydrogens (tertiary/aromatic N) is 1. The second kappa shape index (κ2) is 12.0. The summed E-state index contributed by atoms with van der Waals surface area (Å²) in [4.78, 5) is 41.9. The van der Waals surface area contributed by atoms with Crippen LogP contribution < -0.4 is 25.0 Å². The van der Waals surface area contributed by atoms with Gasteiger partial charge in [0.15, 0.2) is 5.43 Å². The summed E-state index contributed by atoms with van der Waals surface area (Å²) in [7, 11) is 3.39. The van der Waals surface area contributed by atoms with Gasteiger partial charge in [-0.15, -0.1) is 11.8 Å². The number of fused-ring (bicyclic) bond motifs is 3. The van der Waals surface area contributed by atoms with Gasteiger partial charge in [-0.25, -0.2) is 0 Å². The summed E-state index contributed by atoms with van der Waals surface area (Å²) in [5, 5.41) is 2.95. The summed E-state index contributed by atoms with van der Waals surface area (Å²) in [6.07, 6.45) is 3.81. The molecular formula is C25H27BN2O7S. The molecule has 1 unspecified atom stereocenters. The van der Waals surface area contributed by atoms with Gasteiger partial charge in [-0.05, 0) is 6.26 Å². The average Bonchev–Trinajstić information content (AvgIpc) is 3.09. The fourth-order valence-electron chi connectivity index (χ4n) is 4.20. The van der Waals surface area contributed by atoms with Crippen LogP contribution in [0.15, 0.2) is 38.9 Å². The van der Waals surface area contributed by atoms with Crippen molar-refractivity contribution in [1.82, 2.24) is 5.32 Å². The first-order valence-corrected chi connectivity index (χ1v) is 12.4. The molecule has 2 aromatic rings. The second-order valence-electron chi connectivity index (χ2n) is 8.08. The molecule has 1 N–H and O–H groups in total. The number of thioether (sulfide) groups is 1. The van der Waals surface area contributed by atoms with E-state index in [4.69, 9.17) is 14.2 Å². The normalized spacial score (nSPS) is 15.1. The predicted molar refractivity (Wildman–Crippen MR) is 138 cm³/mol. The number of carbonyl (C=O) groups is 2. The molecule has 0 fully saturated rings. The van der Waals surface area contributed by atoms with E-state index in [9.17, 15) is 19.1 Å². The number of methoxy groups -OCH3 is 2. The molecule has 0 saturated carbocycles. The SMILES string of the molecule is COc1c(OC(=O)C(C)/N=C\B=O)cc2c(c1OC)-c1ccc(SC)c(=O)cc1[C@@H](NC(C)=O)CC2. The minimum atomic E-state index is -0.908. The number of hydrogen-bond acceptors (Lipinski definition) is 9. The van der Waals surface area contributed by atoms with Gasteiger partial charge in [0.1, 0.15) is 0 Å². The number of ether oxygens (including phenoxy) is 3. The van der Waals surface area contributed by atoms with Gasteiger partial charge in [-0.3, -0.25) is 9.59 Å². The third-order valence-corrected chi connectivity index (χ3v) is 6.58. The van der Waals surface area contributed by atoms with Gasteiger partial charge in [0.05, 0.1) is 4.90 Å². The first-order valence-electron chi connectivity index (χ1n) is 11.2.